The molecule has 3 aromatic heterocycles. The number of carbonyl (C=O) groups is 1. The van der Waals surface area contributed by atoms with Crippen LogP contribution in [0.5, 0.6) is 5.75 Å². The Hall–Kier alpha value is -5.13. The van der Waals surface area contributed by atoms with Crippen molar-refractivity contribution in [3.63, 3.8) is 0 Å². The van der Waals surface area contributed by atoms with E-state index in [4.69, 9.17) is 18.9 Å². The minimum Gasteiger partial charge on any atom is -0.497 e. The predicted molar refractivity (Wildman–Crippen MR) is 173 cm³/mol. The van der Waals surface area contributed by atoms with Crippen molar-refractivity contribution in [2.45, 2.75) is 23.2 Å². The van der Waals surface area contributed by atoms with Crippen molar-refractivity contribution in [2.24, 2.45) is 4.99 Å². The molecule has 3 aromatic carbocycles. The highest BCUT2D eigenvalue weighted by Crippen LogP contribution is 2.36. The molecule has 9 nitrogen and oxygen atoms in total. The first kappa shape index (κ1) is 28.6. The van der Waals surface area contributed by atoms with Crippen LogP contribution in [-0.4, -0.2) is 34.2 Å². The zero-order chi connectivity index (χ0) is 30.9. The lowest BCUT2D eigenvalue weighted by Gasteiger charge is -2.26. The number of nitrogens with zero attached hydrogens (tertiary/aromatic N) is 3. The fraction of sp³-hybridized carbons (Fsp3) is 0.118. The Morgan fingerprint density at radius 3 is 2.69 bits per heavy atom. The molecule has 45 heavy (non-hydrogen) atoms. The molecule has 1 N–H and O–H groups in total. The minimum atomic E-state index is -0.802. The van der Waals surface area contributed by atoms with Gasteiger partial charge in [-0.05, 0) is 60.6 Å². The quantitative estimate of drug-likeness (QED) is 0.218. The third-order valence-corrected chi connectivity index (χ3v) is 9.01. The molecule has 1 aliphatic rings. The predicted octanol–water partition coefficient (Wildman–Crippen LogP) is 5.56. The number of methoxy groups -OCH3 is 1. The van der Waals surface area contributed by atoms with Crippen molar-refractivity contribution in [1.82, 2.24) is 14.5 Å². The van der Waals surface area contributed by atoms with Crippen molar-refractivity contribution in [2.75, 3.05) is 13.7 Å². The van der Waals surface area contributed by atoms with Gasteiger partial charge in [0.2, 0.25) is 0 Å². The average molecular weight is 635 g/mol. The number of aromatic amines is 1. The number of fused-ring (bicyclic) bond motifs is 2. The average Bonchev–Trinajstić information content (AvgIpc) is 3.77. The van der Waals surface area contributed by atoms with E-state index < -0.39 is 12.0 Å². The third kappa shape index (κ3) is 5.52. The number of H-pyrrole nitrogens is 1. The van der Waals surface area contributed by atoms with Crippen LogP contribution in [0.3, 0.4) is 0 Å². The lowest BCUT2D eigenvalue weighted by Crippen LogP contribution is -2.40. The molecule has 0 fully saturated rings. The van der Waals surface area contributed by atoms with Crippen molar-refractivity contribution in [1.29, 1.82) is 0 Å². The lowest BCUT2D eigenvalue weighted by atomic mass is 9.93. The van der Waals surface area contributed by atoms with Gasteiger partial charge < -0.3 is 18.9 Å². The summed E-state index contributed by atoms with van der Waals surface area (Å²) < 4.78 is 19.1. The summed E-state index contributed by atoms with van der Waals surface area (Å²) in [6.45, 7) is 1.92. The van der Waals surface area contributed by atoms with Gasteiger partial charge in [-0.1, -0.05) is 65.9 Å². The number of benzene rings is 3. The summed E-state index contributed by atoms with van der Waals surface area (Å²) in [5, 5.41) is 1.33. The molecule has 0 amide bonds. The molecule has 11 heteroatoms. The maximum atomic E-state index is 14.1. The largest absolute Gasteiger partial charge is 0.497 e. The van der Waals surface area contributed by atoms with Crippen LogP contribution in [-0.2, 0) is 9.53 Å². The van der Waals surface area contributed by atoms with Gasteiger partial charge >= 0.3 is 5.97 Å². The molecule has 7 rings (SSSR count). The zero-order valence-corrected chi connectivity index (χ0v) is 25.9. The van der Waals surface area contributed by atoms with Gasteiger partial charge in [0.15, 0.2) is 15.1 Å². The Labute approximate surface area is 265 Å². The molecule has 1 atom stereocenters. The van der Waals surface area contributed by atoms with Gasteiger partial charge in [-0.15, -0.1) is 0 Å². The van der Waals surface area contributed by atoms with E-state index in [0.717, 1.165) is 16.6 Å². The number of aromatic nitrogens is 3. The van der Waals surface area contributed by atoms with Crippen molar-refractivity contribution in [3.05, 3.63) is 133 Å². The number of para-hydroxylation sites is 2. The summed E-state index contributed by atoms with van der Waals surface area (Å²) in [5.74, 6) is 0.561. The Morgan fingerprint density at radius 1 is 1.07 bits per heavy atom. The van der Waals surface area contributed by atoms with Crippen LogP contribution >= 0.6 is 23.1 Å². The first-order valence-corrected chi connectivity index (χ1v) is 15.8. The molecular weight excluding hydrogens is 609 g/mol. The van der Waals surface area contributed by atoms with E-state index in [2.05, 4.69) is 9.97 Å². The van der Waals surface area contributed by atoms with Crippen molar-refractivity contribution < 1.29 is 18.7 Å². The topological polar surface area (TPSA) is 112 Å². The van der Waals surface area contributed by atoms with Gasteiger partial charge in [-0.3, -0.25) is 9.36 Å². The molecule has 0 radical (unpaired) electrons. The maximum absolute atomic E-state index is 14.1. The normalized spacial score (nSPS) is 14.8. The Bertz CT molecular complexity index is 2230. The molecule has 0 bridgehead atoms. The third-order valence-electron chi connectivity index (χ3n) is 7.22. The number of ether oxygens (including phenoxy) is 2. The van der Waals surface area contributed by atoms with E-state index >= 15 is 0 Å². The van der Waals surface area contributed by atoms with Crippen LogP contribution in [0.15, 0.2) is 121 Å². The summed E-state index contributed by atoms with van der Waals surface area (Å²) in [6.07, 6.45) is 1.70. The van der Waals surface area contributed by atoms with Crippen molar-refractivity contribution >= 4 is 51.9 Å². The van der Waals surface area contributed by atoms with Crippen LogP contribution in [0.25, 0.3) is 22.8 Å². The number of carbonyl (C=O) groups excluding carboxylic acids is 1. The standard InChI is InChI=1S/C34H26N4O5S2/c1-3-42-32(40)28-29(20-10-5-4-6-11-20)37-34-38(30(28)21-12-9-13-22(18-21)41-2)31(39)26(44-34)19-23-16-17-27(43-23)45-33-35-24-14-7-8-15-25(24)36-33/h4-19,30H,3H2,1-2H3,(H,35,36)/b26-19+/t30-/m0/s1. The first-order chi connectivity index (χ1) is 22.0. The van der Waals surface area contributed by atoms with E-state index in [1.54, 1.807) is 24.7 Å². The smallest absolute Gasteiger partial charge is 0.338 e. The van der Waals surface area contributed by atoms with Crippen LogP contribution in [0.2, 0.25) is 0 Å². The number of esters is 1. The zero-order valence-electron chi connectivity index (χ0n) is 24.2. The molecule has 0 spiro atoms. The second kappa shape index (κ2) is 12.1. The van der Waals surface area contributed by atoms with Gasteiger partial charge in [0.25, 0.3) is 5.56 Å². The molecule has 0 saturated heterocycles. The van der Waals surface area contributed by atoms with Gasteiger partial charge in [0.05, 0.1) is 46.6 Å². The molecule has 0 aliphatic carbocycles. The second-order valence-corrected chi connectivity index (χ2v) is 12.0. The summed E-state index contributed by atoms with van der Waals surface area (Å²) in [7, 11) is 1.58. The van der Waals surface area contributed by atoms with Crippen LogP contribution in [0, 0.1) is 0 Å². The van der Waals surface area contributed by atoms with Gasteiger partial charge in [0.1, 0.15) is 11.5 Å². The monoisotopic (exact) mass is 634 g/mol. The van der Waals surface area contributed by atoms with Gasteiger partial charge in [0, 0.05) is 11.6 Å². The fourth-order valence-corrected chi connectivity index (χ4v) is 6.99. The molecule has 4 heterocycles. The van der Waals surface area contributed by atoms with E-state index in [-0.39, 0.29) is 17.7 Å². The maximum Gasteiger partial charge on any atom is 0.338 e. The van der Waals surface area contributed by atoms with E-state index in [0.29, 0.717) is 42.4 Å². The van der Waals surface area contributed by atoms with E-state index in [9.17, 15) is 9.59 Å². The molecular formula is C34H26N4O5S2. The minimum absolute atomic E-state index is 0.173. The number of hydrogen-bond donors (Lipinski definition) is 1. The highest BCUT2D eigenvalue weighted by atomic mass is 32.2. The van der Waals surface area contributed by atoms with Crippen molar-refractivity contribution in [3.8, 4) is 5.75 Å². The van der Waals surface area contributed by atoms with Crippen LogP contribution in [0.1, 0.15) is 29.9 Å². The Kier molecular flexibility index (Phi) is 7.70. The molecule has 0 unspecified atom stereocenters. The molecule has 6 aromatic rings. The van der Waals surface area contributed by atoms with E-state index in [1.165, 1.54) is 23.1 Å². The molecule has 0 saturated carbocycles. The summed E-state index contributed by atoms with van der Waals surface area (Å²) in [4.78, 5) is 41.0. The number of rotatable bonds is 8. The summed E-state index contributed by atoms with van der Waals surface area (Å²) in [5.41, 5.74) is 3.67. The Morgan fingerprint density at radius 2 is 1.89 bits per heavy atom. The second-order valence-electron chi connectivity index (χ2n) is 10.0. The highest BCUT2D eigenvalue weighted by molar-refractivity contribution is 7.99. The first-order valence-electron chi connectivity index (χ1n) is 14.2. The van der Waals surface area contributed by atoms with Gasteiger partial charge in [-0.25, -0.2) is 14.8 Å². The number of furan rings is 1. The number of thiazole rings is 1. The summed E-state index contributed by atoms with van der Waals surface area (Å²) in [6, 6.07) is 27.4. The lowest BCUT2D eigenvalue weighted by molar-refractivity contribution is -0.138. The summed E-state index contributed by atoms with van der Waals surface area (Å²) >= 11 is 2.59. The van der Waals surface area contributed by atoms with E-state index in [1.807, 2.05) is 91.0 Å². The molecule has 224 valence electrons. The highest BCUT2D eigenvalue weighted by Gasteiger charge is 2.35. The SMILES string of the molecule is CCOC(=O)C1=C(c2ccccc2)N=c2s/c(=C/c3ccc(Sc4nc5ccccc5[nH]4)o3)c(=O)n2[C@H]1c1cccc(OC)c1. The molecule has 1 aliphatic heterocycles. The van der Waals surface area contributed by atoms with Crippen LogP contribution < -0.4 is 19.6 Å². The number of hydrogen-bond acceptors (Lipinski definition) is 9. The fourth-order valence-electron chi connectivity index (χ4n) is 5.24. The van der Waals surface area contributed by atoms with Crippen LogP contribution in [0.4, 0.5) is 0 Å². The number of nitrogens with one attached hydrogen (secondary N) is 1. The number of imidazole rings is 1. The Balaban J connectivity index is 1.35. The van der Waals surface area contributed by atoms with Gasteiger partial charge in [-0.2, -0.15) is 0 Å².